The fourth-order valence-corrected chi connectivity index (χ4v) is 7.61. The second-order valence-electron chi connectivity index (χ2n) is 8.06. The summed E-state index contributed by atoms with van der Waals surface area (Å²) in [6.07, 6.45) is 4.06. The summed E-state index contributed by atoms with van der Waals surface area (Å²) in [7, 11) is -0.933. The lowest BCUT2D eigenvalue weighted by Gasteiger charge is -2.28. The molecule has 0 unspecified atom stereocenters. The molecule has 4 heterocycles. The van der Waals surface area contributed by atoms with Gasteiger partial charge in [0.2, 0.25) is 0 Å². The third-order valence-electron chi connectivity index (χ3n) is 6.15. The van der Waals surface area contributed by atoms with E-state index in [9.17, 15) is 8.42 Å². The number of rotatable bonds is 4. The summed E-state index contributed by atoms with van der Waals surface area (Å²) < 4.78 is 29.5. The molecule has 7 nitrogen and oxygen atoms in total. The highest BCUT2D eigenvalue weighted by atomic mass is 32.2. The molecule has 28 heavy (non-hydrogen) atoms. The topological polar surface area (TPSA) is 75.6 Å². The van der Waals surface area contributed by atoms with E-state index in [1.165, 1.54) is 16.9 Å². The van der Waals surface area contributed by atoms with Gasteiger partial charge in [-0.3, -0.25) is 4.90 Å². The smallest absolute Gasteiger partial charge is 0.152 e. The van der Waals surface area contributed by atoms with Crippen LogP contribution in [0, 0.1) is 0 Å². The first-order valence-electron chi connectivity index (χ1n) is 10.0. The molecule has 152 valence electrons. The predicted molar refractivity (Wildman–Crippen MR) is 111 cm³/mol. The second kappa shape index (κ2) is 7.19. The minimum Gasteiger partial charge on any atom is -0.379 e. The Kier molecular flexibility index (Phi) is 4.81. The summed E-state index contributed by atoms with van der Waals surface area (Å²) in [6, 6.07) is -0.00344. The van der Waals surface area contributed by atoms with E-state index in [0.717, 1.165) is 61.0 Å². The van der Waals surface area contributed by atoms with Gasteiger partial charge in [0.1, 0.15) is 16.5 Å². The van der Waals surface area contributed by atoms with Crippen LogP contribution in [0.2, 0.25) is 0 Å². The van der Waals surface area contributed by atoms with Crippen LogP contribution in [-0.2, 0) is 34.0 Å². The quantitative estimate of drug-likeness (QED) is 0.741. The van der Waals surface area contributed by atoms with E-state index < -0.39 is 9.84 Å². The zero-order chi connectivity index (χ0) is 19.3. The molecule has 0 radical (unpaired) electrons. The molecule has 3 aliphatic rings. The average molecular weight is 423 g/mol. The number of ether oxygens (including phenoxy) is 1. The Bertz CT molecular complexity index is 998. The maximum Gasteiger partial charge on any atom is 0.152 e. The van der Waals surface area contributed by atoms with Crippen molar-refractivity contribution in [2.24, 2.45) is 0 Å². The molecule has 0 aromatic carbocycles. The first kappa shape index (κ1) is 18.7. The number of fused-ring (bicyclic) bond motifs is 3. The highest BCUT2D eigenvalue weighted by molar-refractivity contribution is 7.91. The van der Waals surface area contributed by atoms with Crippen molar-refractivity contribution in [3.8, 4) is 0 Å². The van der Waals surface area contributed by atoms with Gasteiger partial charge >= 0.3 is 0 Å². The van der Waals surface area contributed by atoms with Crippen LogP contribution in [0.4, 0.5) is 5.82 Å². The number of anilines is 1. The van der Waals surface area contributed by atoms with Crippen molar-refractivity contribution in [3.63, 3.8) is 0 Å². The molecule has 0 spiro atoms. The Morgan fingerprint density at radius 2 is 2.07 bits per heavy atom. The van der Waals surface area contributed by atoms with E-state index in [4.69, 9.17) is 14.7 Å². The number of sulfone groups is 1. The van der Waals surface area contributed by atoms with Gasteiger partial charge in [0, 0.05) is 31.1 Å². The fourth-order valence-electron chi connectivity index (χ4n) is 4.56. The van der Waals surface area contributed by atoms with Gasteiger partial charge < -0.3 is 9.64 Å². The standard InChI is InChI=1S/C19H26N4O3S2/c1-22(13-5-10-28(24,25)12-13)18-17-14-3-2-4-15(14)27-19(17)21-16(20-18)11-23-6-8-26-9-7-23/h13H,2-12H2,1H3/t13-/m0/s1. The third kappa shape index (κ3) is 3.42. The number of morpholine rings is 1. The molecule has 2 saturated heterocycles. The van der Waals surface area contributed by atoms with Gasteiger partial charge in [-0.2, -0.15) is 0 Å². The lowest BCUT2D eigenvalue weighted by molar-refractivity contribution is 0.0331. The van der Waals surface area contributed by atoms with E-state index in [-0.39, 0.29) is 17.5 Å². The molecule has 0 saturated carbocycles. The van der Waals surface area contributed by atoms with E-state index in [2.05, 4.69) is 9.80 Å². The normalized spacial score (nSPS) is 24.7. The average Bonchev–Trinajstić information content (AvgIpc) is 3.35. The van der Waals surface area contributed by atoms with Gasteiger partial charge in [0.05, 0.1) is 36.7 Å². The summed E-state index contributed by atoms with van der Waals surface area (Å²) in [5.41, 5.74) is 1.39. The van der Waals surface area contributed by atoms with Crippen molar-refractivity contribution in [1.29, 1.82) is 0 Å². The van der Waals surface area contributed by atoms with Crippen LogP contribution in [0.3, 0.4) is 0 Å². The van der Waals surface area contributed by atoms with Crippen molar-refractivity contribution in [2.45, 2.75) is 38.3 Å². The molecule has 5 rings (SSSR count). The summed E-state index contributed by atoms with van der Waals surface area (Å²) in [5, 5.41) is 1.16. The number of hydrogen-bond acceptors (Lipinski definition) is 8. The van der Waals surface area contributed by atoms with Gasteiger partial charge in [-0.25, -0.2) is 18.4 Å². The van der Waals surface area contributed by atoms with Crippen molar-refractivity contribution in [3.05, 3.63) is 16.3 Å². The number of aromatic nitrogens is 2. The van der Waals surface area contributed by atoms with Gasteiger partial charge in [0.25, 0.3) is 0 Å². The van der Waals surface area contributed by atoms with Gasteiger partial charge in [-0.15, -0.1) is 11.3 Å². The Morgan fingerprint density at radius 1 is 1.25 bits per heavy atom. The zero-order valence-corrected chi connectivity index (χ0v) is 17.8. The van der Waals surface area contributed by atoms with Crippen LogP contribution in [0.15, 0.2) is 0 Å². The molecule has 2 aliphatic heterocycles. The van der Waals surface area contributed by atoms with Crippen LogP contribution < -0.4 is 4.90 Å². The molecule has 0 amide bonds. The van der Waals surface area contributed by atoms with Gasteiger partial charge in [-0.1, -0.05) is 0 Å². The molecule has 0 N–H and O–H groups in total. The summed E-state index contributed by atoms with van der Waals surface area (Å²) in [5.74, 6) is 2.26. The van der Waals surface area contributed by atoms with Crippen molar-refractivity contribution >= 4 is 37.2 Å². The summed E-state index contributed by atoms with van der Waals surface area (Å²) in [4.78, 5) is 16.8. The summed E-state index contributed by atoms with van der Waals surface area (Å²) >= 11 is 1.80. The largest absolute Gasteiger partial charge is 0.379 e. The van der Waals surface area contributed by atoms with Gasteiger partial charge in [-0.05, 0) is 31.2 Å². The van der Waals surface area contributed by atoms with Crippen LogP contribution in [0.25, 0.3) is 10.2 Å². The molecule has 9 heteroatoms. The minimum absolute atomic E-state index is 0.00344. The van der Waals surface area contributed by atoms with Gasteiger partial charge in [0.15, 0.2) is 9.84 Å². The Labute approximate surface area is 169 Å². The first-order valence-corrected chi connectivity index (χ1v) is 12.7. The molecule has 2 fully saturated rings. The lowest BCUT2D eigenvalue weighted by atomic mass is 10.1. The minimum atomic E-state index is -2.94. The van der Waals surface area contributed by atoms with Crippen LogP contribution >= 0.6 is 11.3 Å². The van der Waals surface area contributed by atoms with Crippen molar-refractivity contribution in [2.75, 3.05) is 49.8 Å². The molecular formula is C19H26N4O3S2. The monoisotopic (exact) mass is 422 g/mol. The maximum atomic E-state index is 12.0. The predicted octanol–water partition coefficient (Wildman–Crippen LogP) is 1.64. The Morgan fingerprint density at radius 3 is 2.82 bits per heavy atom. The lowest BCUT2D eigenvalue weighted by Crippen LogP contribution is -2.37. The van der Waals surface area contributed by atoms with Crippen LogP contribution in [0.5, 0.6) is 0 Å². The molecule has 1 atom stereocenters. The van der Waals surface area contributed by atoms with E-state index in [1.54, 1.807) is 11.3 Å². The Balaban J connectivity index is 1.54. The third-order valence-corrected chi connectivity index (χ3v) is 9.09. The van der Waals surface area contributed by atoms with Crippen LogP contribution in [0.1, 0.15) is 29.1 Å². The highest BCUT2D eigenvalue weighted by Gasteiger charge is 2.33. The molecule has 2 aromatic heterocycles. The maximum absolute atomic E-state index is 12.0. The fraction of sp³-hybridized carbons (Fsp3) is 0.684. The van der Waals surface area contributed by atoms with E-state index >= 15 is 0 Å². The summed E-state index contributed by atoms with van der Waals surface area (Å²) in [6.45, 7) is 4.01. The number of nitrogens with zero attached hydrogens (tertiary/aromatic N) is 4. The zero-order valence-electron chi connectivity index (χ0n) is 16.2. The highest BCUT2D eigenvalue weighted by Crippen LogP contribution is 2.41. The van der Waals surface area contributed by atoms with E-state index in [0.29, 0.717) is 13.0 Å². The van der Waals surface area contributed by atoms with E-state index in [1.807, 2.05) is 7.05 Å². The Hall–Kier alpha value is -1.29. The van der Waals surface area contributed by atoms with Crippen molar-refractivity contribution in [1.82, 2.24) is 14.9 Å². The molecule has 1 aliphatic carbocycles. The molecule has 2 aromatic rings. The second-order valence-corrected chi connectivity index (χ2v) is 11.4. The SMILES string of the molecule is CN(c1nc(CN2CCOCC2)nc2sc3c(c12)CCC3)[C@H]1CCS(=O)(=O)C1. The number of hydrogen-bond donors (Lipinski definition) is 0. The van der Waals surface area contributed by atoms with Crippen LogP contribution in [-0.4, -0.2) is 74.2 Å². The number of thiophene rings is 1. The molecular weight excluding hydrogens is 396 g/mol. The first-order chi connectivity index (χ1) is 13.5. The number of aryl methyl sites for hydroxylation is 2. The van der Waals surface area contributed by atoms with Crippen molar-refractivity contribution < 1.29 is 13.2 Å². The molecule has 0 bridgehead atoms.